The van der Waals surface area contributed by atoms with E-state index in [9.17, 15) is 34.8 Å². The Kier molecular flexibility index (Phi) is 9.85. The molecular weight excluding hydrogens is 542 g/mol. The van der Waals surface area contributed by atoms with Gasteiger partial charge in [-0.05, 0) is 56.1 Å². The molecule has 0 saturated carbocycles. The Hall–Kier alpha value is -2.71. The molecule has 2 aromatic carbocycles. The average molecular weight is 563 g/mol. The topological polar surface area (TPSA) is 105 Å². The molecule has 0 radical (unpaired) electrons. The van der Waals surface area contributed by atoms with E-state index in [0.717, 1.165) is 38.1 Å². The van der Waals surface area contributed by atoms with Crippen molar-refractivity contribution in [3.8, 4) is 5.75 Å². The van der Waals surface area contributed by atoms with E-state index < -0.39 is 33.9 Å². The van der Waals surface area contributed by atoms with Crippen LogP contribution in [0.25, 0.3) is 0 Å². The summed E-state index contributed by atoms with van der Waals surface area (Å²) in [4.78, 5) is 8.67. The SMILES string of the molecule is O=C(O)C(F)(F)F.O=S(=O)(Nc1cc(OCC2CCNCC2)cc(C(F)(F)F)c1)c1ccccc1Cl. The van der Waals surface area contributed by atoms with Crippen molar-refractivity contribution >= 4 is 33.3 Å². The van der Waals surface area contributed by atoms with Gasteiger partial charge in [0.2, 0.25) is 0 Å². The van der Waals surface area contributed by atoms with Crippen LogP contribution in [-0.4, -0.2) is 45.4 Å². The predicted molar refractivity (Wildman–Crippen MR) is 118 cm³/mol. The summed E-state index contributed by atoms with van der Waals surface area (Å²) in [5, 5.41) is 10.3. The number of ether oxygens (including phenoxy) is 1. The van der Waals surface area contributed by atoms with Gasteiger partial charge in [0, 0.05) is 6.07 Å². The van der Waals surface area contributed by atoms with Crippen LogP contribution in [0.4, 0.5) is 32.0 Å². The van der Waals surface area contributed by atoms with Crippen molar-refractivity contribution in [2.45, 2.75) is 30.1 Å². The lowest BCUT2D eigenvalue weighted by molar-refractivity contribution is -0.192. The minimum atomic E-state index is -5.08. The molecule has 3 N–H and O–H groups in total. The maximum absolute atomic E-state index is 13.3. The second-order valence-corrected chi connectivity index (χ2v) is 9.65. The molecule has 1 heterocycles. The number of anilines is 1. The van der Waals surface area contributed by atoms with Gasteiger partial charge >= 0.3 is 18.3 Å². The van der Waals surface area contributed by atoms with Crippen LogP contribution < -0.4 is 14.8 Å². The second-order valence-electron chi connectivity index (χ2n) is 7.59. The molecule has 1 aliphatic rings. The molecule has 0 unspecified atom stereocenters. The molecule has 1 aliphatic heterocycles. The molecule has 0 amide bonds. The van der Waals surface area contributed by atoms with Crippen LogP contribution in [0.3, 0.4) is 0 Å². The van der Waals surface area contributed by atoms with E-state index in [4.69, 9.17) is 26.2 Å². The zero-order valence-corrected chi connectivity index (χ0v) is 19.9. The van der Waals surface area contributed by atoms with Crippen LogP contribution in [0.15, 0.2) is 47.4 Å². The maximum Gasteiger partial charge on any atom is 0.490 e. The van der Waals surface area contributed by atoms with Crippen molar-refractivity contribution in [3.05, 3.63) is 53.1 Å². The number of aliphatic carboxylic acids is 1. The lowest BCUT2D eigenvalue weighted by Crippen LogP contribution is -2.30. The van der Waals surface area contributed by atoms with Crippen LogP contribution in [-0.2, 0) is 21.0 Å². The third kappa shape index (κ3) is 9.06. The highest BCUT2D eigenvalue weighted by atomic mass is 35.5. The number of carboxylic acid groups (broad SMARTS) is 1. The molecule has 3 rings (SSSR count). The van der Waals surface area contributed by atoms with E-state index in [0.29, 0.717) is 0 Å². The van der Waals surface area contributed by atoms with Crippen molar-refractivity contribution in [2.24, 2.45) is 5.92 Å². The minimum Gasteiger partial charge on any atom is -0.493 e. The van der Waals surface area contributed by atoms with E-state index in [1.54, 1.807) is 6.07 Å². The number of rotatable bonds is 6. The fourth-order valence-electron chi connectivity index (χ4n) is 3.04. The Bertz CT molecular complexity index is 1150. The first-order chi connectivity index (χ1) is 16.6. The minimum absolute atomic E-state index is 0.0330. The van der Waals surface area contributed by atoms with E-state index in [2.05, 4.69) is 10.0 Å². The van der Waals surface area contributed by atoms with Crippen molar-refractivity contribution in [1.29, 1.82) is 0 Å². The smallest absolute Gasteiger partial charge is 0.490 e. The summed E-state index contributed by atoms with van der Waals surface area (Å²) in [6, 6.07) is 8.52. The lowest BCUT2D eigenvalue weighted by Gasteiger charge is -2.23. The van der Waals surface area contributed by atoms with Crippen molar-refractivity contribution in [2.75, 3.05) is 24.4 Å². The maximum atomic E-state index is 13.3. The summed E-state index contributed by atoms with van der Waals surface area (Å²) in [6.45, 7) is 1.93. The molecule has 0 bridgehead atoms. The van der Waals surface area contributed by atoms with Gasteiger partial charge in [0.25, 0.3) is 10.0 Å². The molecule has 0 aromatic heterocycles. The third-order valence-corrected chi connectivity index (χ3v) is 6.68. The monoisotopic (exact) mass is 562 g/mol. The summed E-state index contributed by atoms with van der Waals surface area (Å²) in [6.07, 6.45) is -8.01. The van der Waals surface area contributed by atoms with Crippen molar-refractivity contribution in [3.63, 3.8) is 0 Å². The molecule has 2 aromatic rings. The number of nitrogens with one attached hydrogen (secondary N) is 2. The molecule has 0 atom stereocenters. The first-order valence-electron chi connectivity index (χ1n) is 10.2. The van der Waals surface area contributed by atoms with Gasteiger partial charge in [0.1, 0.15) is 10.6 Å². The zero-order chi connectivity index (χ0) is 27.1. The van der Waals surface area contributed by atoms with Gasteiger partial charge in [-0.3, -0.25) is 4.72 Å². The molecule has 1 fully saturated rings. The molecule has 36 heavy (non-hydrogen) atoms. The van der Waals surface area contributed by atoms with Gasteiger partial charge in [-0.2, -0.15) is 26.3 Å². The van der Waals surface area contributed by atoms with Gasteiger partial charge in [0.05, 0.1) is 22.9 Å². The van der Waals surface area contributed by atoms with E-state index in [1.807, 2.05) is 0 Å². The Morgan fingerprint density at radius 2 is 1.67 bits per heavy atom. The fourth-order valence-corrected chi connectivity index (χ4v) is 4.60. The Balaban J connectivity index is 0.000000572. The van der Waals surface area contributed by atoms with Crippen LogP contribution >= 0.6 is 11.6 Å². The number of benzene rings is 2. The Labute approximate surface area is 207 Å². The normalized spacial score (nSPS) is 15.0. The number of hydrogen-bond acceptors (Lipinski definition) is 5. The van der Waals surface area contributed by atoms with E-state index >= 15 is 0 Å². The highest BCUT2D eigenvalue weighted by molar-refractivity contribution is 7.92. The molecule has 1 saturated heterocycles. The molecule has 15 heteroatoms. The Morgan fingerprint density at radius 3 is 2.19 bits per heavy atom. The summed E-state index contributed by atoms with van der Waals surface area (Å²) in [5.41, 5.74) is -1.25. The molecule has 7 nitrogen and oxygen atoms in total. The molecule has 200 valence electrons. The number of carboxylic acids is 1. The van der Waals surface area contributed by atoms with Crippen LogP contribution in [0.5, 0.6) is 5.75 Å². The second kappa shape index (κ2) is 12.0. The fraction of sp³-hybridized carbons (Fsp3) is 0.381. The number of carbonyl (C=O) groups is 1. The number of piperidine rings is 1. The van der Waals surface area contributed by atoms with E-state index in [-0.39, 0.29) is 33.9 Å². The first-order valence-corrected chi connectivity index (χ1v) is 12.1. The number of alkyl halides is 6. The number of sulfonamides is 1. The number of hydrogen-bond donors (Lipinski definition) is 3. The van der Waals surface area contributed by atoms with Gasteiger partial charge in [-0.1, -0.05) is 23.7 Å². The summed E-state index contributed by atoms with van der Waals surface area (Å²) in [7, 11) is -4.17. The van der Waals surface area contributed by atoms with Crippen LogP contribution in [0.2, 0.25) is 5.02 Å². The number of halogens is 7. The summed E-state index contributed by atoms with van der Waals surface area (Å²) < 4.78 is 105. The van der Waals surface area contributed by atoms with Crippen molar-refractivity contribution in [1.82, 2.24) is 5.32 Å². The van der Waals surface area contributed by atoms with Gasteiger partial charge in [-0.25, -0.2) is 13.2 Å². The standard InChI is InChI=1S/C19H20ClF3N2O3S.C2HF3O2/c20-17-3-1-2-4-18(17)29(26,27)25-15-9-14(19(21,22)23)10-16(11-15)28-12-13-5-7-24-8-6-13;3-2(4,5)1(6)7/h1-4,9-11,13,24-25H,5-8,12H2;(H,6,7). The van der Waals surface area contributed by atoms with Gasteiger partial charge < -0.3 is 15.2 Å². The van der Waals surface area contributed by atoms with Crippen molar-refractivity contribution < 1.29 is 49.4 Å². The third-order valence-electron chi connectivity index (χ3n) is 4.80. The lowest BCUT2D eigenvalue weighted by atomic mass is 9.99. The van der Waals surface area contributed by atoms with Gasteiger partial charge in [-0.15, -0.1) is 0 Å². The van der Waals surface area contributed by atoms with E-state index in [1.165, 1.54) is 24.3 Å². The molecule has 0 aliphatic carbocycles. The first kappa shape index (κ1) is 29.5. The summed E-state index contributed by atoms with van der Waals surface area (Å²) >= 11 is 5.92. The predicted octanol–water partition coefficient (Wildman–Crippen LogP) is 5.17. The van der Waals surface area contributed by atoms with Crippen LogP contribution in [0, 0.1) is 5.92 Å². The average Bonchev–Trinajstić information content (AvgIpc) is 2.77. The zero-order valence-electron chi connectivity index (χ0n) is 18.3. The van der Waals surface area contributed by atoms with Gasteiger partial charge in [0.15, 0.2) is 0 Å². The quantitative estimate of drug-likeness (QED) is 0.420. The molecular formula is C21H21ClF6N2O5S. The highest BCUT2D eigenvalue weighted by Crippen LogP contribution is 2.35. The van der Waals surface area contributed by atoms with Crippen LogP contribution in [0.1, 0.15) is 18.4 Å². The highest BCUT2D eigenvalue weighted by Gasteiger charge is 2.38. The summed E-state index contributed by atoms with van der Waals surface area (Å²) in [5.74, 6) is -2.57. The Morgan fingerprint density at radius 1 is 1.08 bits per heavy atom. The molecule has 0 spiro atoms. The largest absolute Gasteiger partial charge is 0.493 e.